The first-order valence-corrected chi connectivity index (χ1v) is 10.5. The lowest BCUT2D eigenvalue weighted by Crippen LogP contribution is -2.49. The third kappa shape index (κ3) is 4.67. The lowest BCUT2D eigenvalue weighted by atomic mass is 9.99. The van der Waals surface area contributed by atoms with Crippen molar-refractivity contribution >= 4 is 17.8 Å². The normalized spacial score (nSPS) is 19.0. The van der Waals surface area contributed by atoms with Gasteiger partial charge in [0.25, 0.3) is 0 Å². The van der Waals surface area contributed by atoms with Crippen molar-refractivity contribution in [2.45, 2.75) is 12.5 Å². The van der Waals surface area contributed by atoms with Crippen LogP contribution in [0.25, 0.3) is 11.1 Å². The van der Waals surface area contributed by atoms with Crippen LogP contribution in [-0.4, -0.2) is 85.0 Å². The number of aromatic nitrogens is 2. The van der Waals surface area contributed by atoms with E-state index in [0.717, 1.165) is 36.3 Å². The highest BCUT2D eigenvalue weighted by Crippen LogP contribution is 2.32. The number of carbonyl (C=O) groups excluding carboxylic acids is 2. The summed E-state index contributed by atoms with van der Waals surface area (Å²) in [4.78, 5) is 39.2. The molecule has 2 aliphatic heterocycles. The lowest BCUT2D eigenvalue weighted by Gasteiger charge is -2.36. The van der Waals surface area contributed by atoms with E-state index in [4.69, 9.17) is 15.5 Å². The Hall–Kier alpha value is -3.04. The number of anilines is 1. The van der Waals surface area contributed by atoms with Gasteiger partial charge in [0.05, 0.1) is 18.8 Å². The zero-order chi connectivity index (χ0) is 22.0. The summed E-state index contributed by atoms with van der Waals surface area (Å²) in [5, 5.41) is 0. The van der Waals surface area contributed by atoms with Crippen LogP contribution in [-0.2, 0) is 9.53 Å². The van der Waals surface area contributed by atoms with E-state index in [2.05, 4.69) is 9.88 Å². The average molecular weight is 425 g/mol. The van der Waals surface area contributed by atoms with Crippen molar-refractivity contribution in [1.82, 2.24) is 19.8 Å². The standard InChI is InChI=1S/C22H28N6O3/c1-26(2)22-24-12-17(15-5-3-6-16(11-15)21(23)30)20(25-22)18-13-27(9-10-31-18)14-19(29)28-7-4-8-28/h3,5-6,11-12,18H,4,7-10,13-14H2,1-2H3,(H2,23,30)/t18-/m1/s1. The number of nitrogens with two attached hydrogens (primary N) is 1. The molecule has 9 heteroatoms. The van der Waals surface area contributed by atoms with Crippen molar-refractivity contribution in [2.75, 3.05) is 58.3 Å². The molecule has 2 amide bonds. The molecule has 2 aliphatic rings. The van der Waals surface area contributed by atoms with Crippen LogP contribution in [0.15, 0.2) is 30.5 Å². The van der Waals surface area contributed by atoms with Crippen LogP contribution in [0.4, 0.5) is 5.95 Å². The van der Waals surface area contributed by atoms with Crippen molar-refractivity contribution in [2.24, 2.45) is 5.73 Å². The number of carbonyl (C=O) groups is 2. The van der Waals surface area contributed by atoms with E-state index >= 15 is 0 Å². The lowest BCUT2D eigenvalue weighted by molar-refractivity contribution is -0.137. The fraction of sp³-hybridized carbons (Fsp3) is 0.455. The molecule has 1 aromatic carbocycles. The van der Waals surface area contributed by atoms with E-state index in [1.54, 1.807) is 24.4 Å². The van der Waals surface area contributed by atoms with Crippen LogP contribution in [0.5, 0.6) is 0 Å². The number of amides is 2. The first-order valence-electron chi connectivity index (χ1n) is 10.5. The summed E-state index contributed by atoms with van der Waals surface area (Å²) < 4.78 is 6.08. The van der Waals surface area contributed by atoms with Gasteiger partial charge in [0.1, 0.15) is 6.10 Å². The molecule has 0 radical (unpaired) electrons. The predicted octanol–water partition coefficient (Wildman–Crippen LogP) is 0.914. The molecule has 164 valence electrons. The minimum Gasteiger partial charge on any atom is -0.369 e. The number of primary amides is 1. The fourth-order valence-corrected chi connectivity index (χ4v) is 3.78. The Labute approximate surface area is 181 Å². The van der Waals surface area contributed by atoms with E-state index in [0.29, 0.717) is 37.8 Å². The number of likely N-dealkylation sites (tertiary alicyclic amines) is 1. The summed E-state index contributed by atoms with van der Waals surface area (Å²) in [7, 11) is 3.76. The van der Waals surface area contributed by atoms with Crippen molar-refractivity contribution < 1.29 is 14.3 Å². The number of morpholine rings is 1. The predicted molar refractivity (Wildman–Crippen MR) is 117 cm³/mol. The average Bonchev–Trinajstić information content (AvgIpc) is 2.72. The fourth-order valence-electron chi connectivity index (χ4n) is 3.78. The maximum absolute atomic E-state index is 12.4. The molecule has 2 N–H and O–H groups in total. The van der Waals surface area contributed by atoms with E-state index < -0.39 is 5.91 Å². The molecule has 0 unspecified atom stereocenters. The van der Waals surface area contributed by atoms with Crippen LogP contribution in [0, 0.1) is 0 Å². The third-order valence-corrected chi connectivity index (χ3v) is 5.69. The van der Waals surface area contributed by atoms with Gasteiger partial charge < -0.3 is 20.3 Å². The quantitative estimate of drug-likeness (QED) is 0.735. The highest BCUT2D eigenvalue weighted by molar-refractivity contribution is 5.94. The van der Waals surface area contributed by atoms with Gasteiger partial charge in [0, 0.05) is 57.6 Å². The van der Waals surface area contributed by atoms with Gasteiger partial charge in [-0.25, -0.2) is 9.97 Å². The first kappa shape index (κ1) is 21.2. The number of hydrogen-bond acceptors (Lipinski definition) is 7. The molecule has 31 heavy (non-hydrogen) atoms. The summed E-state index contributed by atoms with van der Waals surface area (Å²) >= 11 is 0. The van der Waals surface area contributed by atoms with Crippen LogP contribution in [0.2, 0.25) is 0 Å². The summed E-state index contributed by atoms with van der Waals surface area (Å²) in [6.07, 6.45) is 2.52. The molecule has 0 spiro atoms. The zero-order valence-corrected chi connectivity index (χ0v) is 18.0. The number of benzene rings is 1. The van der Waals surface area contributed by atoms with Crippen LogP contribution in [0.1, 0.15) is 28.6 Å². The largest absolute Gasteiger partial charge is 0.369 e. The molecule has 0 bridgehead atoms. The first-order chi connectivity index (χ1) is 14.9. The minimum absolute atomic E-state index is 0.165. The van der Waals surface area contributed by atoms with Gasteiger partial charge >= 0.3 is 0 Å². The van der Waals surface area contributed by atoms with Gasteiger partial charge in [-0.05, 0) is 24.1 Å². The Kier molecular flexibility index (Phi) is 6.15. The molecule has 9 nitrogen and oxygen atoms in total. The maximum atomic E-state index is 12.4. The van der Waals surface area contributed by atoms with Crippen molar-refractivity contribution in [3.8, 4) is 11.1 Å². The SMILES string of the molecule is CN(C)c1ncc(-c2cccc(C(N)=O)c2)c([C@H]2CN(CC(=O)N3CCC3)CCO2)n1. The van der Waals surface area contributed by atoms with Crippen LogP contribution < -0.4 is 10.6 Å². The molecule has 2 aromatic rings. The Balaban J connectivity index is 1.63. The Morgan fingerprint density at radius 2 is 2.06 bits per heavy atom. The van der Waals surface area contributed by atoms with Crippen LogP contribution >= 0.6 is 0 Å². The summed E-state index contributed by atoms with van der Waals surface area (Å²) in [5.74, 6) is 0.249. The Morgan fingerprint density at radius 3 is 2.74 bits per heavy atom. The highest BCUT2D eigenvalue weighted by atomic mass is 16.5. The second kappa shape index (κ2) is 8.99. The molecule has 0 aliphatic carbocycles. The monoisotopic (exact) mass is 424 g/mol. The van der Waals surface area contributed by atoms with E-state index in [9.17, 15) is 9.59 Å². The molecule has 2 saturated heterocycles. The summed E-state index contributed by atoms with van der Waals surface area (Å²) in [5.41, 5.74) is 8.21. The Bertz CT molecular complexity index is 975. The van der Waals surface area contributed by atoms with Gasteiger partial charge in [0.2, 0.25) is 17.8 Å². The van der Waals surface area contributed by atoms with Crippen LogP contribution in [0.3, 0.4) is 0 Å². The van der Waals surface area contributed by atoms with Gasteiger partial charge in [-0.2, -0.15) is 0 Å². The van der Waals surface area contributed by atoms with Gasteiger partial charge in [0.15, 0.2) is 0 Å². The van der Waals surface area contributed by atoms with Gasteiger partial charge in [-0.3, -0.25) is 14.5 Å². The van der Waals surface area contributed by atoms with Crippen molar-refractivity contribution in [3.63, 3.8) is 0 Å². The molecule has 1 aromatic heterocycles. The number of ether oxygens (including phenoxy) is 1. The Morgan fingerprint density at radius 1 is 1.26 bits per heavy atom. The molecule has 4 rings (SSSR count). The molecule has 3 heterocycles. The third-order valence-electron chi connectivity index (χ3n) is 5.69. The van der Waals surface area contributed by atoms with E-state index in [-0.39, 0.29) is 12.0 Å². The number of nitrogens with zero attached hydrogens (tertiary/aromatic N) is 5. The topological polar surface area (TPSA) is 105 Å². The minimum atomic E-state index is -0.487. The van der Waals surface area contributed by atoms with E-state index in [1.165, 1.54) is 0 Å². The maximum Gasteiger partial charge on any atom is 0.248 e. The highest BCUT2D eigenvalue weighted by Gasteiger charge is 2.30. The van der Waals surface area contributed by atoms with Gasteiger partial charge in [-0.1, -0.05) is 12.1 Å². The molecule has 0 saturated carbocycles. The van der Waals surface area contributed by atoms with Gasteiger partial charge in [-0.15, -0.1) is 0 Å². The summed E-state index contributed by atoms with van der Waals surface area (Å²) in [6, 6.07) is 7.12. The summed E-state index contributed by atoms with van der Waals surface area (Å²) in [6.45, 7) is 3.87. The second-order valence-corrected chi connectivity index (χ2v) is 8.14. The molecule has 2 fully saturated rings. The van der Waals surface area contributed by atoms with E-state index in [1.807, 2.05) is 30.0 Å². The second-order valence-electron chi connectivity index (χ2n) is 8.14. The molecule has 1 atom stereocenters. The number of rotatable bonds is 6. The smallest absolute Gasteiger partial charge is 0.248 e. The van der Waals surface area contributed by atoms with Crippen molar-refractivity contribution in [1.29, 1.82) is 0 Å². The molecular weight excluding hydrogens is 396 g/mol. The number of hydrogen-bond donors (Lipinski definition) is 1. The molecular formula is C22H28N6O3. The zero-order valence-electron chi connectivity index (χ0n) is 18.0. The van der Waals surface area contributed by atoms with Crippen molar-refractivity contribution in [3.05, 3.63) is 41.7 Å².